The summed E-state index contributed by atoms with van der Waals surface area (Å²) in [5.74, 6) is 0.842. The Labute approximate surface area is 76.2 Å². The van der Waals surface area contributed by atoms with Crippen molar-refractivity contribution in [2.75, 3.05) is 0 Å². The van der Waals surface area contributed by atoms with Crippen molar-refractivity contribution in [1.29, 1.82) is 0 Å². The fourth-order valence-corrected chi connectivity index (χ4v) is 2.32. The van der Waals surface area contributed by atoms with Crippen LogP contribution in [0.3, 0.4) is 0 Å². The van der Waals surface area contributed by atoms with Gasteiger partial charge in [-0.1, -0.05) is 27.7 Å². The Morgan fingerprint density at radius 2 is 1.67 bits per heavy atom. The first-order valence-electron chi connectivity index (χ1n) is 5.01. The van der Waals surface area contributed by atoms with Crippen molar-refractivity contribution in [3.8, 4) is 0 Å². The highest BCUT2D eigenvalue weighted by molar-refractivity contribution is 4.96. The van der Waals surface area contributed by atoms with Gasteiger partial charge in [0, 0.05) is 0 Å². The van der Waals surface area contributed by atoms with E-state index in [1.54, 1.807) is 0 Å². The summed E-state index contributed by atoms with van der Waals surface area (Å²) in [5, 5.41) is 10.2. The van der Waals surface area contributed by atoms with E-state index in [2.05, 4.69) is 27.7 Å². The van der Waals surface area contributed by atoms with Gasteiger partial charge in [0.1, 0.15) is 0 Å². The molecule has 0 bridgehead atoms. The standard InChI is InChI=1S/C11H22O/c1-8-6-7-10(3,4)9(2)11(8,5)12/h8-9,12H,6-7H2,1-5H3/t8-,9+,11+/m1/s1. The van der Waals surface area contributed by atoms with Crippen molar-refractivity contribution in [2.24, 2.45) is 17.3 Å². The van der Waals surface area contributed by atoms with E-state index in [0.717, 1.165) is 6.42 Å². The molecule has 1 nitrogen and oxygen atoms in total. The van der Waals surface area contributed by atoms with Gasteiger partial charge in [0.25, 0.3) is 0 Å². The van der Waals surface area contributed by atoms with Crippen LogP contribution in [0.2, 0.25) is 0 Å². The zero-order valence-corrected chi connectivity index (χ0v) is 9.02. The van der Waals surface area contributed by atoms with Gasteiger partial charge >= 0.3 is 0 Å². The highest BCUT2D eigenvalue weighted by Crippen LogP contribution is 2.48. The lowest BCUT2D eigenvalue weighted by atomic mass is 9.59. The molecule has 0 aromatic rings. The predicted molar refractivity (Wildman–Crippen MR) is 52.0 cm³/mol. The molecule has 1 N–H and O–H groups in total. The molecule has 3 atom stereocenters. The summed E-state index contributed by atoms with van der Waals surface area (Å²) < 4.78 is 0. The summed E-state index contributed by atoms with van der Waals surface area (Å²) in [4.78, 5) is 0. The van der Waals surface area contributed by atoms with Crippen molar-refractivity contribution in [1.82, 2.24) is 0 Å². The fraction of sp³-hybridized carbons (Fsp3) is 1.00. The van der Waals surface area contributed by atoms with Crippen molar-refractivity contribution >= 4 is 0 Å². The molecule has 1 aliphatic rings. The minimum atomic E-state index is -0.470. The number of rotatable bonds is 0. The first-order valence-corrected chi connectivity index (χ1v) is 5.01. The highest BCUT2D eigenvalue weighted by Gasteiger charge is 2.46. The first kappa shape index (κ1) is 10.0. The summed E-state index contributed by atoms with van der Waals surface area (Å²) in [6.45, 7) is 10.8. The first-order chi connectivity index (χ1) is 5.28. The zero-order chi connectivity index (χ0) is 9.57. The van der Waals surface area contributed by atoms with Gasteiger partial charge in [0.15, 0.2) is 0 Å². The third-order valence-electron chi connectivity index (χ3n) is 4.27. The molecule has 72 valence electrons. The maximum Gasteiger partial charge on any atom is 0.0675 e. The normalized spacial score (nSPS) is 47.5. The Balaban J connectivity index is 2.86. The largest absolute Gasteiger partial charge is 0.390 e. The SMILES string of the molecule is C[C@@H]1CCC(C)(C)[C@H](C)[C@@]1(C)O. The van der Waals surface area contributed by atoms with Crippen LogP contribution in [0.4, 0.5) is 0 Å². The second-order valence-electron chi connectivity index (χ2n) is 5.38. The predicted octanol–water partition coefficient (Wildman–Crippen LogP) is 2.83. The van der Waals surface area contributed by atoms with E-state index < -0.39 is 5.60 Å². The van der Waals surface area contributed by atoms with Crippen LogP contribution < -0.4 is 0 Å². The molecule has 0 saturated heterocycles. The van der Waals surface area contributed by atoms with Crippen molar-refractivity contribution in [3.63, 3.8) is 0 Å². The average molecular weight is 170 g/mol. The molecule has 1 fully saturated rings. The highest BCUT2D eigenvalue weighted by atomic mass is 16.3. The molecule has 1 aliphatic carbocycles. The third kappa shape index (κ3) is 1.39. The lowest BCUT2D eigenvalue weighted by molar-refractivity contribution is -0.116. The fourth-order valence-electron chi connectivity index (χ4n) is 2.32. The van der Waals surface area contributed by atoms with Gasteiger partial charge in [-0.2, -0.15) is 0 Å². The molecule has 0 radical (unpaired) electrons. The van der Waals surface area contributed by atoms with Crippen LogP contribution in [0, 0.1) is 17.3 Å². The Morgan fingerprint density at radius 3 is 2.08 bits per heavy atom. The molecule has 0 unspecified atom stereocenters. The van der Waals surface area contributed by atoms with E-state index in [1.165, 1.54) is 6.42 Å². The van der Waals surface area contributed by atoms with Gasteiger partial charge in [-0.05, 0) is 37.0 Å². The third-order valence-corrected chi connectivity index (χ3v) is 4.27. The minimum Gasteiger partial charge on any atom is -0.390 e. The van der Waals surface area contributed by atoms with Crippen LogP contribution in [-0.4, -0.2) is 10.7 Å². The summed E-state index contributed by atoms with van der Waals surface area (Å²) in [6, 6.07) is 0. The van der Waals surface area contributed by atoms with E-state index in [-0.39, 0.29) is 0 Å². The minimum absolute atomic E-state index is 0.302. The molecule has 1 rings (SSSR count). The second-order valence-corrected chi connectivity index (χ2v) is 5.38. The topological polar surface area (TPSA) is 20.2 Å². The van der Waals surface area contributed by atoms with Gasteiger partial charge in [-0.3, -0.25) is 0 Å². The lowest BCUT2D eigenvalue weighted by Crippen LogP contribution is -2.50. The van der Waals surface area contributed by atoms with Crippen LogP contribution in [0.5, 0.6) is 0 Å². The van der Waals surface area contributed by atoms with Crippen LogP contribution in [0.15, 0.2) is 0 Å². The molecule has 12 heavy (non-hydrogen) atoms. The molecule has 1 heteroatoms. The van der Waals surface area contributed by atoms with Crippen molar-refractivity contribution in [2.45, 2.75) is 53.1 Å². The monoisotopic (exact) mass is 170 g/mol. The Kier molecular flexibility index (Phi) is 2.28. The molecule has 0 aromatic heterocycles. The van der Waals surface area contributed by atoms with Gasteiger partial charge in [-0.25, -0.2) is 0 Å². The van der Waals surface area contributed by atoms with E-state index in [4.69, 9.17) is 0 Å². The summed E-state index contributed by atoms with van der Waals surface area (Å²) in [5.41, 5.74) is -0.169. The molecule has 0 amide bonds. The smallest absolute Gasteiger partial charge is 0.0675 e. The number of hydrogen-bond acceptors (Lipinski definition) is 1. The van der Waals surface area contributed by atoms with E-state index in [0.29, 0.717) is 17.3 Å². The van der Waals surface area contributed by atoms with Crippen LogP contribution in [0.1, 0.15) is 47.5 Å². The van der Waals surface area contributed by atoms with Gasteiger partial charge < -0.3 is 5.11 Å². The van der Waals surface area contributed by atoms with E-state index >= 15 is 0 Å². The van der Waals surface area contributed by atoms with Gasteiger partial charge in [0.05, 0.1) is 5.60 Å². The van der Waals surface area contributed by atoms with Gasteiger partial charge in [0.2, 0.25) is 0 Å². The Hall–Kier alpha value is -0.0400. The maximum absolute atomic E-state index is 10.2. The molecule has 0 spiro atoms. The van der Waals surface area contributed by atoms with Crippen LogP contribution in [-0.2, 0) is 0 Å². The lowest BCUT2D eigenvalue weighted by Gasteiger charge is -2.50. The van der Waals surface area contributed by atoms with Crippen molar-refractivity contribution < 1.29 is 5.11 Å². The maximum atomic E-state index is 10.2. The molecule has 0 aromatic carbocycles. The molecular formula is C11H22O. The number of hydrogen-bond donors (Lipinski definition) is 1. The Morgan fingerprint density at radius 1 is 1.17 bits per heavy atom. The zero-order valence-electron chi connectivity index (χ0n) is 9.02. The van der Waals surface area contributed by atoms with Gasteiger partial charge in [-0.15, -0.1) is 0 Å². The van der Waals surface area contributed by atoms with Crippen LogP contribution >= 0.6 is 0 Å². The Bertz CT molecular complexity index is 170. The quantitative estimate of drug-likeness (QED) is 0.592. The molecular weight excluding hydrogens is 148 g/mol. The van der Waals surface area contributed by atoms with Crippen LogP contribution in [0.25, 0.3) is 0 Å². The average Bonchev–Trinajstić information content (AvgIpc) is 1.96. The van der Waals surface area contributed by atoms with E-state index in [9.17, 15) is 5.11 Å². The number of aliphatic hydroxyl groups is 1. The second kappa shape index (κ2) is 2.73. The summed E-state index contributed by atoms with van der Waals surface area (Å²) >= 11 is 0. The summed E-state index contributed by atoms with van der Waals surface area (Å²) in [7, 11) is 0. The molecule has 0 aliphatic heterocycles. The van der Waals surface area contributed by atoms with Crippen molar-refractivity contribution in [3.05, 3.63) is 0 Å². The molecule has 1 saturated carbocycles. The van der Waals surface area contributed by atoms with E-state index in [1.807, 2.05) is 6.92 Å². The molecule has 0 heterocycles. The summed E-state index contributed by atoms with van der Waals surface area (Å²) in [6.07, 6.45) is 2.40.